The van der Waals surface area contributed by atoms with E-state index in [1.807, 2.05) is 0 Å². The van der Waals surface area contributed by atoms with Gasteiger partial charge < -0.3 is 9.47 Å². The van der Waals surface area contributed by atoms with Crippen molar-refractivity contribution in [3.8, 4) is 22.2 Å². The third-order valence-corrected chi connectivity index (χ3v) is 2.90. The van der Waals surface area contributed by atoms with Crippen LogP contribution in [0, 0.1) is 5.82 Å². The lowest BCUT2D eigenvalue weighted by Crippen LogP contribution is -1.89. The van der Waals surface area contributed by atoms with Gasteiger partial charge in [0, 0.05) is 10.9 Å². The van der Waals surface area contributed by atoms with Crippen LogP contribution in [-0.4, -0.2) is 19.2 Å². The van der Waals surface area contributed by atoms with Crippen LogP contribution in [-0.2, 0) is 0 Å². The maximum atomic E-state index is 13.1. The fourth-order valence-electron chi connectivity index (χ4n) is 1.36. The molecule has 0 saturated carbocycles. The van der Waals surface area contributed by atoms with Crippen LogP contribution in [0.2, 0.25) is 0 Å². The highest BCUT2D eigenvalue weighted by Gasteiger charge is 2.11. The van der Waals surface area contributed by atoms with Crippen LogP contribution in [0.5, 0.6) is 10.9 Å². The molecule has 2 aromatic rings. The molecule has 84 valence electrons. The second-order valence-corrected chi connectivity index (χ2v) is 3.87. The van der Waals surface area contributed by atoms with Crippen molar-refractivity contribution in [2.45, 2.75) is 0 Å². The fraction of sp³-hybridized carbons (Fsp3) is 0.182. The molecular formula is C11H10FNO2S. The second kappa shape index (κ2) is 4.49. The van der Waals surface area contributed by atoms with Crippen molar-refractivity contribution >= 4 is 11.3 Å². The maximum Gasteiger partial charge on any atom is 0.273 e. The number of methoxy groups -OCH3 is 2. The summed E-state index contributed by atoms with van der Waals surface area (Å²) in [6.45, 7) is 0. The minimum atomic E-state index is -0.317. The van der Waals surface area contributed by atoms with E-state index in [-0.39, 0.29) is 5.82 Å². The van der Waals surface area contributed by atoms with Gasteiger partial charge in [-0.25, -0.2) is 9.37 Å². The molecule has 0 fully saturated rings. The SMILES string of the molecule is COc1nc(-c2cc(F)ccc2OC)cs1. The second-order valence-electron chi connectivity index (χ2n) is 3.05. The molecule has 0 aliphatic carbocycles. The molecule has 0 amide bonds. The van der Waals surface area contributed by atoms with E-state index in [9.17, 15) is 4.39 Å². The van der Waals surface area contributed by atoms with Gasteiger partial charge in [-0.05, 0) is 18.2 Å². The molecule has 0 bridgehead atoms. The van der Waals surface area contributed by atoms with Crippen molar-refractivity contribution in [2.75, 3.05) is 14.2 Å². The molecule has 5 heteroatoms. The Labute approximate surface area is 96.5 Å². The summed E-state index contributed by atoms with van der Waals surface area (Å²) in [7, 11) is 3.09. The third-order valence-electron chi connectivity index (χ3n) is 2.10. The summed E-state index contributed by atoms with van der Waals surface area (Å²) >= 11 is 1.36. The molecule has 1 aromatic heterocycles. The molecule has 0 aliphatic rings. The van der Waals surface area contributed by atoms with Crippen molar-refractivity contribution in [1.29, 1.82) is 0 Å². The Kier molecular flexibility index (Phi) is 3.05. The summed E-state index contributed by atoms with van der Waals surface area (Å²) in [4.78, 5) is 4.20. The molecular weight excluding hydrogens is 229 g/mol. The minimum absolute atomic E-state index is 0.317. The zero-order valence-electron chi connectivity index (χ0n) is 8.86. The average Bonchev–Trinajstić information content (AvgIpc) is 2.77. The van der Waals surface area contributed by atoms with Crippen molar-refractivity contribution in [3.63, 3.8) is 0 Å². The van der Waals surface area contributed by atoms with Gasteiger partial charge in [0.2, 0.25) is 0 Å². The van der Waals surface area contributed by atoms with Crippen LogP contribution in [0.3, 0.4) is 0 Å². The number of hydrogen-bond acceptors (Lipinski definition) is 4. The summed E-state index contributed by atoms with van der Waals surface area (Å²) in [5.41, 5.74) is 1.28. The van der Waals surface area contributed by atoms with E-state index in [0.717, 1.165) is 0 Å². The van der Waals surface area contributed by atoms with E-state index in [0.29, 0.717) is 22.2 Å². The van der Waals surface area contributed by atoms with E-state index in [1.54, 1.807) is 25.7 Å². The highest BCUT2D eigenvalue weighted by Crippen LogP contribution is 2.33. The Morgan fingerprint density at radius 3 is 2.69 bits per heavy atom. The topological polar surface area (TPSA) is 31.4 Å². The highest BCUT2D eigenvalue weighted by molar-refractivity contribution is 7.11. The lowest BCUT2D eigenvalue weighted by molar-refractivity contribution is 0.410. The monoisotopic (exact) mass is 239 g/mol. The summed E-state index contributed by atoms with van der Waals surface area (Å²) in [6, 6.07) is 4.33. The van der Waals surface area contributed by atoms with Crippen LogP contribution in [0.15, 0.2) is 23.6 Å². The van der Waals surface area contributed by atoms with E-state index < -0.39 is 0 Å². The normalized spacial score (nSPS) is 10.2. The van der Waals surface area contributed by atoms with Crippen molar-refractivity contribution < 1.29 is 13.9 Å². The van der Waals surface area contributed by atoms with E-state index >= 15 is 0 Å². The first-order valence-corrected chi connectivity index (χ1v) is 5.46. The van der Waals surface area contributed by atoms with Gasteiger partial charge in [0.25, 0.3) is 5.19 Å². The van der Waals surface area contributed by atoms with Gasteiger partial charge in [0.1, 0.15) is 11.6 Å². The van der Waals surface area contributed by atoms with Crippen LogP contribution in [0.4, 0.5) is 4.39 Å². The Hall–Kier alpha value is -1.62. The van der Waals surface area contributed by atoms with Gasteiger partial charge in [-0.3, -0.25) is 0 Å². The lowest BCUT2D eigenvalue weighted by atomic mass is 10.1. The van der Waals surface area contributed by atoms with Crippen molar-refractivity contribution in [2.24, 2.45) is 0 Å². The minimum Gasteiger partial charge on any atom is -0.496 e. The Morgan fingerprint density at radius 1 is 1.25 bits per heavy atom. The average molecular weight is 239 g/mol. The predicted molar refractivity (Wildman–Crippen MR) is 60.6 cm³/mol. The van der Waals surface area contributed by atoms with Crippen LogP contribution in [0.25, 0.3) is 11.3 Å². The van der Waals surface area contributed by atoms with Gasteiger partial charge in [-0.15, -0.1) is 0 Å². The Bertz CT molecular complexity index is 498. The zero-order chi connectivity index (χ0) is 11.5. The van der Waals surface area contributed by atoms with Crippen molar-refractivity contribution in [3.05, 3.63) is 29.4 Å². The smallest absolute Gasteiger partial charge is 0.273 e. The largest absolute Gasteiger partial charge is 0.496 e. The predicted octanol–water partition coefficient (Wildman–Crippen LogP) is 2.97. The van der Waals surface area contributed by atoms with E-state index in [1.165, 1.54) is 23.5 Å². The van der Waals surface area contributed by atoms with Gasteiger partial charge in [0.05, 0.1) is 19.9 Å². The van der Waals surface area contributed by atoms with E-state index in [2.05, 4.69) is 4.98 Å². The van der Waals surface area contributed by atoms with Gasteiger partial charge >= 0.3 is 0 Å². The van der Waals surface area contributed by atoms with Gasteiger partial charge in [-0.2, -0.15) is 0 Å². The Morgan fingerprint density at radius 2 is 2.06 bits per heavy atom. The zero-order valence-corrected chi connectivity index (χ0v) is 9.68. The quantitative estimate of drug-likeness (QED) is 0.825. The number of rotatable bonds is 3. The lowest BCUT2D eigenvalue weighted by Gasteiger charge is -2.05. The van der Waals surface area contributed by atoms with Crippen LogP contribution in [0.1, 0.15) is 0 Å². The number of benzene rings is 1. The van der Waals surface area contributed by atoms with Gasteiger partial charge in [-0.1, -0.05) is 11.3 Å². The molecule has 3 nitrogen and oxygen atoms in total. The third kappa shape index (κ3) is 1.99. The number of halogens is 1. The molecule has 1 aromatic carbocycles. The molecule has 0 radical (unpaired) electrons. The number of nitrogens with zero attached hydrogens (tertiary/aromatic N) is 1. The fourth-order valence-corrected chi connectivity index (χ4v) is 1.99. The molecule has 0 saturated heterocycles. The van der Waals surface area contributed by atoms with Crippen molar-refractivity contribution in [1.82, 2.24) is 4.98 Å². The number of aromatic nitrogens is 1. The number of hydrogen-bond donors (Lipinski definition) is 0. The first-order chi connectivity index (χ1) is 7.74. The molecule has 0 N–H and O–H groups in total. The van der Waals surface area contributed by atoms with Crippen LogP contribution < -0.4 is 9.47 Å². The molecule has 0 unspecified atom stereocenters. The number of thiazole rings is 1. The molecule has 1 heterocycles. The molecule has 16 heavy (non-hydrogen) atoms. The summed E-state index contributed by atoms with van der Waals surface area (Å²) in [6.07, 6.45) is 0. The summed E-state index contributed by atoms with van der Waals surface area (Å²) in [5, 5.41) is 2.34. The number of ether oxygens (including phenoxy) is 2. The Balaban J connectivity index is 2.49. The van der Waals surface area contributed by atoms with Gasteiger partial charge in [0.15, 0.2) is 0 Å². The first-order valence-electron chi connectivity index (χ1n) is 4.58. The molecule has 0 atom stereocenters. The summed E-state index contributed by atoms with van der Waals surface area (Å²) in [5.74, 6) is 0.275. The maximum absolute atomic E-state index is 13.1. The van der Waals surface area contributed by atoms with Crippen LogP contribution >= 0.6 is 11.3 Å². The first kappa shape index (κ1) is 10.9. The summed E-state index contributed by atoms with van der Waals surface area (Å²) < 4.78 is 23.3. The molecule has 0 spiro atoms. The van der Waals surface area contributed by atoms with E-state index in [4.69, 9.17) is 9.47 Å². The standard InChI is InChI=1S/C11H10FNO2S/c1-14-10-4-3-7(12)5-8(10)9-6-16-11(13-9)15-2/h3-6H,1-2H3. The molecule has 2 rings (SSSR count). The molecule has 0 aliphatic heterocycles. The highest BCUT2D eigenvalue weighted by atomic mass is 32.1.